The number of nitrogen functional groups attached to an aromatic ring is 2. The van der Waals surface area contributed by atoms with Gasteiger partial charge in [-0.15, -0.1) is 0 Å². The van der Waals surface area contributed by atoms with Crippen LogP contribution in [0.4, 0.5) is 11.4 Å². The second-order valence-corrected chi connectivity index (χ2v) is 6.95. The molecule has 0 saturated carbocycles. The molecule has 0 aliphatic carbocycles. The van der Waals surface area contributed by atoms with Crippen LogP contribution in [0.1, 0.15) is 11.1 Å². The van der Waals surface area contributed by atoms with Gasteiger partial charge in [0, 0.05) is 29.3 Å². The van der Waals surface area contributed by atoms with Crippen molar-refractivity contribution in [3.05, 3.63) is 96.1 Å². The first kappa shape index (κ1) is 20.5. The molecule has 0 radical (unpaired) electrons. The lowest BCUT2D eigenvalue weighted by Gasteiger charge is -2.11. The van der Waals surface area contributed by atoms with Crippen molar-refractivity contribution in [1.82, 2.24) is 0 Å². The first-order valence-corrected chi connectivity index (χ1v) is 9.71. The Morgan fingerprint density at radius 3 is 1.53 bits per heavy atom. The first-order valence-electron chi connectivity index (χ1n) is 9.71. The summed E-state index contributed by atoms with van der Waals surface area (Å²) >= 11 is 0. The van der Waals surface area contributed by atoms with Gasteiger partial charge < -0.3 is 31.2 Å². The van der Waals surface area contributed by atoms with Gasteiger partial charge in [0.25, 0.3) is 0 Å². The number of anilines is 2. The van der Waals surface area contributed by atoms with Gasteiger partial charge in [0.05, 0.1) is 11.4 Å². The van der Waals surface area contributed by atoms with E-state index in [9.17, 15) is 10.2 Å². The van der Waals surface area contributed by atoms with Gasteiger partial charge >= 0.3 is 0 Å². The summed E-state index contributed by atoms with van der Waals surface area (Å²) in [6, 6.07) is 24.0. The number of rotatable bonds is 4. The summed E-state index contributed by atoms with van der Waals surface area (Å²) in [5.41, 5.74) is 13.4. The van der Waals surface area contributed by atoms with Gasteiger partial charge in [0.15, 0.2) is 0 Å². The minimum Gasteiger partial charge on any atom is -0.506 e. The SMILES string of the molecule is Nc1ccc(Oc2cc(C#Cc3ccccc3)cc(Oc3ccc(N)c(O)c3)c2)cc1O. The Hall–Kier alpha value is -4.76. The molecular formula is C26H20N2O4. The molecule has 0 fully saturated rings. The molecule has 0 saturated heterocycles. The molecule has 0 bridgehead atoms. The van der Waals surface area contributed by atoms with E-state index >= 15 is 0 Å². The van der Waals surface area contributed by atoms with E-state index in [1.807, 2.05) is 30.3 Å². The number of ether oxygens (including phenoxy) is 2. The number of nitrogens with two attached hydrogens (primary N) is 2. The zero-order valence-electron chi connectivity index (χ0n) is 16.9. The zero-order chi connectivity index (χ0) is 22.5. The molecule has 4 rings (SSSR count). The van der Waals surface area contributed by atoms with E-state index in [2.05, 4.69) is 11.8 Å². The van der Waals surface area contributed by atoms with Crippen molar-refractivity contribution in [1.29, 1.82) is 0 Å². The van der Waals surface area contributed by atoms with E-state index in [1.54, 1.807) is 42.5 Å². The largest absolute Gasteiger partial charge is 0.506 e. The predicted molar refractivity (Wildman–Crippen MR) is 124 cm³/mol. The van der Waals surface area contributed by atoms with Gasteiger partial charge in [-0.3, -0.25) is 0 Å². The van der Waals surface area contributed by atoms with Crippen molar-refractivity contribution < 1.29 is 19.7 Å². The third-order valence-corrected chi connectivity index (χ3v) is 4.48. The molecule has 0 amide bonds. The number of hydrogen-bond acceptors (Lipinski definition) is 6. The van der Waals surface area contributed by atoms with Crippen LogP contribution >= 0.6 is 0 Å². The fourth-order valence-electron chi connectivity index (χ4n) is 2.87. The van der Waals surface area contributed by atoms with E-state index < -0.39 is 0 Å². The minimum atomic E-state index is -0.0728. The highest BCUT2D eigenvalue weighted by atomic mass is 16.5. The Morgan fingerprint density at radius 1 is 0.531 bits per heavy atom. The van der Waals surface area contributed by atoms with Gasteiger partial charge in [0.1, 0.15) is 34.5 Å². The second-order valence-electron chi connectivity index (χ2n) is 6.95. The summed E-state index contributed by atoms with van der Waals surface area (Å²) in [5.74, 6) is 7.77. The summed E-state index contributed by atoms with van der Waals surface area (Å²) in [7, 11) is 0. The van der Waals surface area contributed by atoms with Gasteiger partial charge in [0.2, 0.25) is 0 Å². The fraction of sp³-hybridized carbons (Fsp3) is 0. The van der Waals surface area contributed by atoms with E-state index in [4.69, 9.17) is 20.9 Å². The first-order chi connectivity index (χ1) is 15.5. The third-order valence-electron chi connectivity index (χ3n) is 4.48. The number of aromatic hydroxyl groups is 2. The summed E-state index contributed by atoms with van der Waals surface area (Å²) in [4.78, 5) is 0. The van der Waals surface area contributed by atoms with Crippen molar-refractivity contribution >= 4 is 11.4 Å². The van der Waals surface area contributed by atoms with Crippen molar-refractivity contribution in [2.45, 2.75) is 0 Å². The standard InChI is InChI=1S/C26H20N2O4/c27-23-10-8-19(15-25(23)29)31-21-12-18(7-6-17-4-2-1-3-5-17)13-22(14-21)32-20-9-11-24(28)26(30)16-20/h1-5,8-16,29-30H,27-28H2. The molecule has 0 unspecified atom stereocenters. The normalized spacial score (nSPS) is 10.1. The Bertz CT molecular complexity index is 1250. The molecular weight excluding hydrogens is 404 g/mol. The quantitative estimate of drug-likeness (QED) is 0.202. The Labute approximate surface area is 185 Å². The maximum atomic E-state index is 9.85. The Morgan fingerprint density at radius 2 is 1.03 bits per heavy atom. The highest BCUT2D eigenvalue weighted by Gasteiger charge is 2.08. The summed E-state index contributed by atoms with van der Waals surface area (Å²) in [6.07, 6.45) is 0. The Kier molecular flexibility index (Phi) is 5.73. The fourth-order valence-corrected chi connectivity index (χ4v) is 2.87. The lowest BCUT2D eigenvalue weighted by Crippen LogP contribution is -1.92. The van der Waals surface area contributed by atoms with E-state index in [1.165, 1.54) is 12.1 Å². The molecule has 0 aromatic heterocycles. The van der Waals surface area contributed by atoms with E-state index in [-0.39, 0.29) is 22.9 Å². The van der Waals surface area contributed by atoms with Crippen LogP contribution < -0.4 is 20.9 Å². The average molecular weight is 424 g/mol. The van der Waals surface area contributed by atoms with Crippen LogP contribution in [0.3, 0.4) is 0 Å². The number of phenolic OH excluding ortho intramolecular Hbond substituents is 2. The molecule has 0 spiro atoms. The number of phenols is 2. The molecule has 6 nitrogen and oxygen atoms in total. The smallest absolute Gasteiger partial charge is 0.142 e. The molecule has 6 heteroatoms. The van der Waals surface area contributed by atoms with Crippen LogP contribution in [0.15, 0.2) is 84.9 Å². The molecule has 158 valence electrons. The van der Waals surface area contributed by atoms with Crippen LogP contribution in [0.25, 0.3) is 0 Å². The molecule has 0 heterocycles. The predicted octanol–water partition coefficient (Wildman–Crippen LogP) is 5.25. The summed E-state index contributed by atoms with van der Waals surface area (Å²) in [6.45, 7) is 0. The molecule has 4 aromatic rings. The lowest BCUT2D eigenvalue weighted by atomic mass is 10.1. The molecule has 6 N–H and O–H groups in total. The number of benzene rings is 4. The second kappa shape index (κ2) is 8.94. The maximum absolute atomic E-state index is 9.85. The van der Waals surface area contributed by atoms with Gasteiger partial charge in [-0.1, -0.05) is 30.0 Å². The van der Waals surface area contributed by atoms with Crippen LogP contribution in [0, 0.1) is 11.8 Å². The molecule has 0 atom stereocenters. The topological polar surface area (TPSA) is 111 Å². The lowest BCUT2D eigenvalue weighted by molar-refractivity contribution is 0.445. The van der Waals surface area contributed by atoms with E-state index in [0.29, 0.717) is 28.6 Å². The molecule has 0 aliphatic rings. The van der Waals surface area contributed by atoms with Gasteiger partial charge in [-0.25, -0.2) is 0 Å². The van der Waals surface area contributed by atoms with Crippen LogP contribution in [0.5, 0.6) is 34.5 Å². The van der Waals surface area contributed by atoms with E-state index in [0.717, 1.165) is 5.56 Å². The monoisotopic (exact) mass is 424 g/mol. The Balaban J connectivity index is 1.69. The van der Waals surface area contributed by atoms with Crippen LogP contribution in [0.2, 0.25) is 0 Å². The molecule has 32 heavy (non-hydrogen) atoms. The van der Waals surface area contributed by atoms with Crippen molar-refractivity contribution in [3.63, 3.8) is 0 Å². The molecule has 4 aromatic carbocycles. The highest BCUT2D eigenvalue weighted by molar-refractivity contribution is 5.57. The van der Waals surface area contributed by atoms with Crippen molar-refractivity contribution in [2.24, 2.45) is 0 Å². The zero-order valence-corrected chi connectivity index (χ0v) is 16.9. The maximum Gasteiger partial charge on any atom is 0.142 e. The van der Waals surface area contributed by atoms with Crippen molar-refractivity contribution in [2.75, 3.05) is 11.5 Å². The van der Waals surface area contributed by atoms with Crippen LogP contribution in [-0.4, -0.2) is 10.2 Å². The summed E-state index contributed by atoms with van der Waals surface area (Å²) in [5, 5.41) is 19.7. The minimum absolute atomic E-state index is 0.0728. The van der Waals surface area contributed by atoms with Crippen LogP contribution in [-0.2, 0) is 0 Å². The molecule has 0 aliphatic heterocycles. The van der Waals surface area contributed by atoms with Gasteiger partial charge in [-0.2, -0.15) is 0 Å². The average Bonchev–Trinajstić information content (AvgIpc) is 2.78. The third kappa shape index (κ3) is 5.04. The highest BCUT2D eigenvalue weighted by Crippen LogP contribution is 2.34. The number of hydrogen-bond donors (Lipinski definition) is 4. The summed E-state index contributed by atoms with van der Waals surface area (Å²) < 4.78 is 11.8. The van der Waals surface area contributed by atoms with Gasteiger partial charge in [-0.05, 0) is 48.5 Å². The van der Waals surface area contributed by atoms with Crippen molar-refractivity contribution in [3.8, 4) is 46.3 Å².